The van der Waals surface area contributed by atoms with Crippen molar-refractivity contribution in [2.75, 3.05) is 38.2 Å². The lowest BCUT2D eigenvalue weighted by Crippen LogP contribution is -2.48. The molecule has 2 aliphatic heterocycles. The van der Waals surface area contributed by atoms with Crippen LogP contribution in [0.3, 0.4) is 0 Å². The van der Waals surface area contributed by atoms with Gasteiger partial charge in [-0.1, -0.05) is 18.2 Å². The average Bonchev–Trinajstić information content (AvgIpc) is 2.75. The summed E-state index contributed by atoms with van der Waals surface area (Å²) in [6.07, 6.45) is 2.44. The molecule has 2 heterocycles. The van der Waals surface area contributed by atoms with E-state index < -0.39 is 6.10 Å². The quantitative estimate of drug-likeness (QED) is 0.616. The number of fused-ring (bicyclic) bond motifs is 1. The second-order valence-corrected chi connectivity index (χ2v) is 8.70. The number of ether oxygens (including phenoxy) is 2. The minimum Gasteiger partial charge on any atom is -0.508 e. The number of aliphatic hydroxyl groups is 1. The lowest BCUT2D eigenvalue weighted by atomic mass is 9.73. The van der Waals surface area contributed by atoms with E-state index in [2.05, 4.69) is 22.3 Å². The van der Waals surface area contributed by atoms with Crippen LogP contribution in [0.15, 0.2) is 42.5 Å². The van der Waals surface area contributed by atoms with E-state index >= 15 is 0 Å². The molecule has 0 aromatic heterocycles. The van der Waals surface area contributed by atoms with Crippen LogP contribution in [0.1, 0.15) is 25.3 Å². The Hall–Kier alpha value is -2.77. The normalized spacial score (nSPS) is 18.6. The van der Waals surface area contributed by atoms with Crippen LogP contribution in [0, 0.1) is 5.41 Å². The van der Waals surface area contributed by atoms with E-state index in [0.29, 0.717) is 18.0 Å². The van der Waals surface area contributed by atoms with Crippen molar-refractivity contribution in [3.8, 4) is 17.2 Å². The van der Waals surface area contributed by atoms with Gasteiger partial charge in [-0.15, -0.1) is 0 Å². The number of aromatic hydroxyl groups is 1. The topological polar surface area (TPSA) is 91.3 Å². The van der Waals surface area contributed by atoms with Crippen molar-refractivity contribution in [1.82, 2.24) is 4.90 Å². The van der Waals surface area contributed by atoms with Crippen molar-refractivity contribution in [1.29, 1.82) is 0 Å². The molecule has 0 aliphatic carbocycles. The lowest BCUT2D eigenvalue weighted by molar-refractivity contribution is -0.114. The lowest BCUT2D eigenvalue weighted by Gasteiger charge is -2.44. The van der Waals surface area contributed by atoms with Gasteiger partial charge in [-0.2, -0.15) is 0 Å². The monoisotopic (exact) mass is 426 g/mol. The Kier molecular flexibility index (Phi) is 6.34. The first-order valence-corrected chi connectivity index (χ1v) is 10.8. The number of aliphatic hydroxyl groups excluding tert-OH is 1. The number of carbonyl (C=O) groups is 1. The van der Waals surface area contributed by atoms with Gasteiger partial charge in [0, 0.05) is 24.9 Å². The number of phenolic OH excluding ortho intramolecular Hbond substituents is 1. The second kappa shape index (κ2) is 9.16. The molecule has 1 fully saturated rings. The van der Waals surface area contributed by atoms with Gasteiger partial charge in [-0.05, 0) is 56.1 Å². The Morgan fingerprint density at radius 1 is 1.26 bits per heavy atom. The van der Waals surface area contributed by atoms with Crippen LogP contribution < -0.4 is 14.8 Å². The van der Waals surface area contributed by atoms with E-state index in [1.54, 1.807) is 6.07 Å². The molecule has 0 bridgehead atoms. The summed E-state index contributed by atoms with van der Waals surface area (Å²) in [6.45, 7) is 4.57. The van der Waals surface area contributed by atoms with Crippen LogP contribution in [0.2, 0.25) is 0 Å². The van der Waals surface area contributed by atoms with Crippen molar-refractivity contribution in [3.63, 3.8) is 0 Å². The maximum absolute atomic E-state index is 11.4. The molecule has 0 unspecified atom stereocenters. The van der Waals surface area contributed by atoms with Gasteiger partial charge < -0.3 is 29.9 Å². The first-order valence-electron chi connectivity index (χ1n) is 10.8. The third-order valence-corrected chi connectivity index (χ3v) is 6.16. The first kappa shape index (κ1) is 21.5. The zero-order valence-corrected chi connectivity index (χ0v) is 17.8. The van der Waals surface area contributed by atoms with Gasteiger partial charge in [-0.25, -0.2) is 0 Å². The summed E-state index contributed by atoms with van der Waals surface area (Å²) >= 11 is 0. The molecule has 1 atom stereocenters. The Morgan fingerprint density at radius 3 is 2.81 bits per heavy atom. The van der Waals surface area contributed by atoms with Crippen molar-refractivity contribution in [2.24, 2.45) is 5.41 Å². The van der Waals surface area contributed by atoms with Gasteiger partial charge in [0.25, 0.3) is 0 Å². The number of nitrogens with one attached hydrogen (secondary N) is 1. The van der Waals surface area contributed by atoms with Crippen LogP contribution in [-0.2, 0) is 11.2 Å². The maximum Gasteiger partial charge on any atom is 0.221 e. The van der Waals surface area contributed by atoms with Gasteiger partial charge in [0.1, 0.15) is 30.0 Å². The predicted molar refractivity (Wildman–Crippen MR) is 118 cm³/mol. The minimum atomic E-state index is -0.676. The van der Waals surface area contributed by atoms with E-state index in [4.69, 9.17) is 9.47 Å². The van der Waals surface area contributed by atoms with Crippen LogP contribution in [0.5, 0.6) is 17.2 Å². The fourth-order valence-corrected chi connectivity index (χ4v) is 4.47. The molecule has 1 spiro atoms. The molecule has 7 heteroatoms. The molecule has 31 heavy (non-hydrogen) atoms. The number of carbonyl (C=O) groups excluding carboxylic acids is 1. The minimum absolute atomic E-state index is 0.0381. The number of nitrogens with zero attached hydrogens (tertiary/aromatic N) is 1. The molecular formula is C24H30N2O5. The number of phenols is 1. The number of benzene rings is 2. The number of hydrogen-bond donors (Lipinski definition) is 3. The van der Waals surface area contributed by atoms with Crippen molar-refractivity contribution >= 4 is 11.6 Å². The molecule has 0 radical (unpaired) electrons. The number of anilines is 1. The number of piperidine rings is 1. The maximum atomic E-state index is 11.4. The molecule has 7 nitrogen and oxygen atoms in total. The van der Waals surface area contributed by atoms with E-state index in [1.165, 1.54) is 24.6 Å². The van der Waals surface area contributed by atoms with Gasteiger partial charge in [-0.3, -0.25) is 4.79 Å². The third-order valence-electron chi connectivity index (χ3n) is 6.16. The molecule has 4 rings (SSSR count). The molecule has 1 saturated heterocycles. The molecule has 1 amide bonds. The number of para-hydroxylation sites is 1. The Labute approximate surface area is 182 Å². The summed E-state index contributed by atoms with van der Waals surface area (Å²) in [6, 6.07) is 12.8. The molecule has 0 saturated carbocycles. The SMILES string of the molecule is CC(=O)Nc1ccc(O)cc1OC[C@H](O)CN1CCC2(CC1)COc1ccccc1C2. The van der Waals surface area contributed by atoms with Gasteiger partial charge in [0.2, 0.25) is 5.91 Å². The highest BCUT2D eigenvalue weighted by Crippen LogP contribution is 2.41. The summed E-state index contributed by atoms with van der Waals surface area (Å²) in [4.78, 5) is 13.6. The molecular weight excluding hydrogens is 396 g/mol. The highest BCUT2D eigenvalue weighted by molar-refractivity contribution is 5.90. The van der Waals surface area contributed by atoms with Crippen LogP contribution in [0.25, 0.3) is 0 Å². The highest BCUT2D eigenvalue weighted by Gasteiger charge is 2.39. The highest BCUT2D eigenvalue weighted by atomic mass is 16.5. The zero-order valence-electron chi connectivity index (χ0n) is 17.8. The predicted octanol–water partition coefficient (Wildman–Crippen LogP) is 2.81. The summed E-state index contributed by atoms with van der Waals surface area (Å²) in [5.74, 6) is 1.16. The van der Waals surface area contributed by atoms with Gasteiger partial charge >= 0.3 is 0 Å². The zero-order chi connectivity index (χ0) is 21.8. The smallest absolute Gasteiger partial charge is 0.221 e. The van der Waals surface area contributed by atoms with Crippen molar-refractivity contribution in [3.05, 3.63) is 48.0 Å². The summed E-state index contributed by atoms with van der Waals surface area (Å²) in [5, 5.41) is 22.9. The Morgan fingerprint density at radius 2 is 2.03 bits per heavy atom. The first-order chi connectivity index (χ1) is 14.9. The van der Waals surface area contributed by atoms with Crippen LogP contribution in [-0.4, -0.2) is 60.0 Å². The number of likely N-dealkylation sites (tertiary alicyclic amines) is 1. The number of β-amino-alcohol motifs (C(OH)–C–C–N with tert-alkyl or cyclic N) is 1. The molecule has 2 aliphatic rings. The van der Waals surface area contributed by atoms with E-state index in [9.17, 15) is 15.0 Å². The van der Waals surface area contributed by atoms with Crippen molar-refractivity contribution < 1.29 is 24.5 Å². The largest absolute Gasteiger partial charge is 0.508 e. The summed E-state index contributed by atoms with van der Waals surface area (Å²) in [7, 11) is 0. The molecule has 2 aromatic carbocycles. The Balaban J connectivity index is 1.27. The van der Waals surface area contributed by atoms with Gasteiger partial charge in [0.15, 0.2) is 0 Å². The van der Waals surface area contributed by atoms with Gasteiger partial charge in [0.05, 0.1) is 12.3 Å². The molecule has 166 valence electrons. The number of amides is 1. The number of hydrogen-bond acceptors (Lipinski definition) is 6. The van der Waals surface area contributed by atoms with E-state index in [1.807, 2.05) is 12.1 Å². The van der Waals surface area contributed by atoms with Crippen LogP contribution in [0.4, 0.5) is 5.69 Å². The van der Waals surface area contributed by atoms with Crippen LogP contribution >= 0.6 is 0 Å². The fraction of sp³-hybridized carbons (Fsp3) is 0.458. The summed E-state index contributed by atoms with van der Waals surface area (Å²) in [5.41, 5.74) is 1.94. The average molecular weight is 427 g/mol. The van der Waals surface area contributed by atoms with E-state index in [0.717, 1.165) is 44.7 Å². The summed E-state index contributed by atoms with van der Waals surface area (Å²) < 4.78 is 11.7. The molecule has 3 N–H and O–H groups in total. The second-order valence-electron chi connectivity index (χ2n) is 8.70. The van der Waals surface area contributed by atoms with E-state index in [-0.39, 0.29) is 23.7 Å². The fourth-order valence-electron chi connectivity index (χ4n) is 4.47. The third kappa shape index (κ3) is 5.29. The standard InChI is InChI=1S/C24H30N2O5/c1-17(27)25-21-7-6-19(28)12-23(21)30-15-20(29)14-26-10-8-24(9-11-26)13-18-4-2-3-5-22(18)31-16-24/h2-7,12,20,28-29H,8-11,13-16H2,1H3,(H,25,27)/t20-/m1/s1. The molecule has 2 aromatic rings. The Bertz CT molecular complexity index is 924. The number of rotatable bonds is 6. The van der Waals surface area contributed by atoms with Crippen molar-refractivity contribution in [2.45, 2.75) is 32.3 Å².